The van der Waals surface area contributed by atoms with E-state index in [2.05, 4.69) is 53.4 Å². The maximum Gasteiger partial charge on any atom is 0.309 e. The van der Waals surface area contributed by atoms with Gasteiger partial charge in [0.15, 0.2) is 0 Å². The van der Waals surface area contributed by atoms with Gasteiger partial charge in [0.1, 0.15) is 6.10 Å². The van der Waals surface area contributed by atoms with E-state index in [-0.39, 0.29) is 57.6 Å². The molecule has 0 spiro atoms. The second kappa shape index (κ2) is 12.9. The monoisotopic (exact) mass is 695 g/mol. The van der Waals surface area contributed by atoms with Gasteiger partial charge in [0.05, 0.1) is 11.8 Å². The molecule has 10 atom stereocenters. The Bertz CT molecular complexity index is 1360. The number of nitrogens with one attached hydrogen (secondary N) is 1. The van der Waals surface area contributed by atoms with E-state index in [4.69, 9.17) is 10.5 Å². The van der Waals surface area contributed by atoms with Crippen molar-refractivity contribution in [2.24, 2.45) is 67.8 Å². The number of carboxylic acids is 1. The number of hydrogen-bond acceptors (Lipinski definition) is 5. The highest BCUT2D eigenvalue weighted by Gasteiger charge is 2.71. The van der Waals surface area contributed by atoms with Gasteiger partial charge in [-0.25, -0.2) is 0 Å². The molecule has 6 aliphatic carbocycles. The highest BCUT2D eigenvalue weighted by molar-refractivity contribution is 5.81. The van der Waals surface area contributed by atoms with Crippen molar-refractivity contribution in [3.05, 3.63) is 12.2 Å². The summed E-state index contributed by atoms with van der Waals surface area (Å²) in [6.07, 6.45) is 15.6. The number of carbonyl (C=O) groups is 3. The highest BCUT2D eigenvalue weighted by atomic mass is 16.5. The van der Waals surface area contributed by atoms with Gasteiger partial charge in [0.2, 0.25) is 5.91 Å². The number of aliphatic carboxylic acids is 1. The van der Waals surface area contributed by atoms with Crippen LogP contribution < -0.4 is 11.1 Å². The van der Waals surface area contributed by atoms with Crippen LogP contribution in [0.4, 0.5) is 0 Å². The summed E-state index contributed by atoms with van der Waals surface area (Å²) in [6.45, 7) is 22.5. The zero-order valence-corrected chi connectivity index (χ0v) is 32.8. The molecule has 6 saturated carbocycles. The molecule has 0 radical (unpaired) electrons. The van der Waals surface area contributed by atoms with Gasteiger partial charge in [-0.15, -0.1) is 0 Å². The fraction of sp³-hybridized carbons (Fsp3) is 0.884. The standard InChI is InChI=1S/C43H70N2O5/c1-26(2)29-16-21-43(24-34(46)45-28-12-10-27(44)11-13-28)23-22-41(8)30(36(29)43)14-15-32-40(7)19-18-33(50-35(47)25-38(3,4)37(48)49)39(5,6)31(40)17-20-42(32,41)9/h27-33,36H,1,10-25,44H2,2-9H3,(H,45,46)(H,48,49)/t27-,28+,29-,30+,31-,32+,33-,36+,40-,41+,42+,43+/m0/s1. The Labute approximate surface area is 303 Å². The van der Waals surface area contributed by atoms with Gasteiger partial charge in [-0.1, -0.05) is 46.8 Å². The molecule has 6 rings (SSSR count). The maximum atomic E-state index is 13.8. The topological polar surface area (TPSA) is 119 Å². The molecule has 50 heavy (non-hydrogen) atoms. The molecular weight excluding hydrogens is 624 g/mol. The average Bonchev–Trinajstić information content (AvgIpc) is 3.39. The smallest absolute Gasteiger partial charge is 0.309 e. The SMILES string of the molecule is C=C(C)[C@@H]1CC[C@]2(CC(=O)N[C@H]3CC[C@@H](N)CC3)CC[C@]3(C)[C@H](CC[C@@H]4[C@@]5(C)CC[C@H](OC(=O)CC(C)(C)C(=O)O)C(C)(C)[C@@H]5CC[C@]43C)[C@@H]12. The Kier molecular flexibility index (Phi) is 9.77. The molecule has 282 valence electrons. The zero-order chi connectivity index (χ0) is 36.7. The van der Waals surface area contributed by atoms with E-state index in [9.17, 15) is 19.5 Å². The second-order valence-electron chi connectivity index (χ2n) is 20.6. The Morgan fingerprint density at radius 1 is 0.840 bits per heavy atom. The molecule has 0 aromatic rings. The van der Waals surface area contributed by atoms with Gasteiger partial charge in [-0.3, -0.25) is 14.4 Å². The van der Waals surface area contributed by atoms with Crippen molar-refractivity contribution >= 4 is 17.8 Å². The number of esters is 1. The van der Waals surface area contributed by atoms with Crippen LogP contribution in [0.2, 0.25) is 0 Å². The third-order valence-corrected chi connectivity index (χ3v) is 17.3. The zero-order valence-electron chi connectivity index (χ0n) is 32.8. The normalized spacial score (nSPS) is 45.2. The van der Waals surface area contributed by atoms with Crippen molar-refractivity contribution in [2.75, 3.05) is 0 Å². The average molecular weight is 695 g/mol. The number of fused-ring (bicyclic) bond motifs is 7. The largest absolute Gasteiger partial charge is 0.481 e. The molecule has 1 amide bonds. The van der Waals surface area contributed by atoms with E-state index in [0.29, 0.717) is 36.0 Å². The van der Waals surface area contributed by atoms with Crippen LogP contribution in [0.5, 0.6) is 0 Å². The number of allylic oxidation sites excluding steroid dienone is 1. The summed E-state index contributed by atoms with van der Waals surface area (Å²) in [6, 6.07) is 0.554. The van der Waals surface area contributed by atoms with E-state index in [1.165, 1.54) is 31.3 Å². The van der Waals surface area contributed by atoms with Crippen LogP contribution in [0.15, 0.2) is 12.2 Å². The molecule has 6 aliphatic rings. The summed E-state index contributed by atoms with van der Waals surface area (Å²) in [7, 11) is 0. The van der Waals surface area contributed by atoms with E-state index >= 15 is 0 Å². The van der Waals surface area contributed by atoms with Crippen molar-refractivity contribution in [2.45, 2.75) is 176 Å². The van der Waals surface area contributed by atoms with Crippen molar-refractivity contribution < 1.29 is 24.2 Å². The van der Waals surface area contributed by atoms with Gasteiger partial charge < -0.3 is 20.9 Å². The molecule has 7 heteroatoms. The van der Waals surface area contributed by atoms with E-state index in [1.54, 1.807) is 13.8 Å². The van der Waals surface area contributed by atoms with Crippen LogP contribution in [0.3, 0.4) is 0 Å². The van der Waals surface area contributed by atoms with Crippen molar-refractivity contribution in [3.8, 4) is 0 Å². The lowest BCUT2D eigenvalue weighted by atomic mass is 9.32. The predicted octanol–water partition coefficient (Wildman–Crippen LogP) is 8.83. The number of carbonyl (C=O) groups excluding carboxylic acids is 2. The van der Waals surface area contributed by atoms with Crippen LogP contribution >= 0.6 is 0 Å². The second-order valence-corrected chi connectivity index (χ2v) is 20.6. The van der Waals surface area contributed by atoms with Crippen molar-refractivity contribution in [1.82, 2.24) is 5.32 Å². The summed E-state index contributed by atoms with van der Waals surface area (Å²) in [5.41, 5.74) is 6.76. The van der Waals surface area contributed by atoms with Crippen molar-refractivity contribution in [3.63, 3.8) is 0 Å². The van der Waals surface area contributed by atoms with Crippen LogP contribution in [0, 0.1) is 62.1 Å². The molecule has 4 N–H and O–H groups in total. The van der Waals surface area contributed by atoms with Gasteiger partial charge in [-0.2, -0.15) is 0 Å². The van der Waals surface area contributed by atoms with Crippen LogP contribution in [0.1, 0.15) is 158 Å². The number of amides is 1. The molecular formula is C43H70N2O5. The predicted molar refractivity (Wildman–Crippen MR) is 198 cm³/mol. The molecule has 0 bridgehead atoms. The highest BCUT2D eigenvalue weighted by Crippen LogP contribution is 2.78. The molecule has 0 heterocycles. The lowest BCUT2D eigenvalue weighted by Crippen LogP contribution is -2.67. The quantitative estimate of drug-likeness (QED) is 0.173. The summed E-state index contributed by atoms with van der Waals surface area (Å²) in [5, 5.41) is 13.1. The van der Waals surface area contributed by atoms with Gasteiger partial charge in [0.25, 0.3) is 0 Å². The fourth-order valence-corrected chi connectivity index (χ4v) is 14.3. The number of rotatable bonds is 8. The van der Waals surface area contributed by atoms with E-state index < -0.39 is 17.4 Å². The molecule has 0 aromatic heterocycles. The van der Waals surface area contributed by atoms with Crippen LogP contribution in [-0.4, -0.2) is 41.1 Å². The molecule has 0 saturated heterocycles. The number of carboxylic acid groups (broad SMARTS) is 1. The third-order valence-electron chi connectivity index (χ3n) is 17.3. The Balaban J connectivity index is 1.22. The Morgan fingerprint density at radius 3 is 2.16 bits per heavy atom. The summed E-state index contributed by atoms with van der Waals surface area (Å²) >= 11 is 0. The fourth-order valence-electron chi connectivity index (χ4n) is 14.3. The molecule has 7 nitrogen and oxygen atoms in total. The molecule has 0 unspecified atom stereocenters. The summed E-state index contributed by atoms with van der Waals surface area (Å²) in [4.78, 5) is 38.6. The molecule has 0 aliphatic heterocycles. The number of ether oxygens (including phenoxy) is 1. The third kappa shape index (κ3) is 5.99. The van der Waals surface area contributed by atoms with Gasteiger partial charge in [0, 0.05) is 23.9 Å². The maximum absolute atomic E-state index is 13.8. The first-order valence-electron chi connectivity index (χ1n) is 20.3. The molecule has 6 fully saturated rings. The first-order chi connectivity index (χ1) is 23.2. The molecule has 0 aromatic carbocycles. The first-order valence-corrected chi connectivity index (χ1v) is 20.3. The van der Waals surface area contributed by atoms with Crippen molar-refractivity contribution in [1.29, 1.82) is 0 Å². The summed E-state index contributed by atoms with van der Waals surface area (Å²) < 4.78 is 6.18. The van der Waals surface area contributed by atoms with Crippen LogP contribution in [-0.2, 0) is 19.1 Å². The Morgan fingerprint density at radius 2 is 1.52 bits per heavy atom. The number of nitrogens with two attached hydrogens (primary N) is 1. The lowest BCUT2D eigenvalue weighted by molar-refractivity contribution is -0.250. The summed E-state index contributed by atoms with van der Waals surface area (Å²) in [5.74, 6) is 1.51. The van der Waals surface area contributed by atoms with Gasteiger partial charge >= 0.3 is 11.9 Å². The van der Waals surface area contributed by atoms with E-state index in [0.717, 1.165) is 64.2 Å². The lowest BCUT2D eigenvalue weighted by Gasteiger charge is -2.73. The van der Waals surface area contributed by atoms with Crippen LogP contribution in [0.25, 0.3) is 0 Å². The first kappa shape index (κ1) is 37.9. The minimum absolute atomic E-state index is 0.0619. The number of hydrogen-bond donors (Lipinski definition) is 3. The minimum Gasteiger partial charge on any atom is -0.481 e. The van der Waals surface area contributed by atoms with E-state index in [1.807, 2.05) is 0 Å². The Hall–Kier alpha value is -1.89. The van der Waals surface area contributed by atoms with Gasteiger partial charge in [-0.05, 0) is 162 Å². The minimum atomic E-state index is -1.14.